The molecule has 1 aliphatic carbocycles. The Labute approximate surface area is 392 Å². The van der Waals surface area contributed by atoms with Crippen molar-refractivity contribution >= 4 is 11.9 Å². The number of carbonyl (C=O) groups excluding carboxylic acids is 2. The monoisotopic (exact) mass is 878 g/mol. The first kappa shape index (κ1) is 44.0. The van der Waals surface area contributed by atoms with Crippen LogP contribution in [-0.4, -0.2) is 38.4 Å². The van der Waals surface area contributed by atoms with E-state index in [0.717, 1.165) is 79.3 Å². The lowest BCUT2D eigenvalue weighted by Crippen LogP contribution is -2.28. The van der Waals surface area contributed by atoms with E-state index in [4.69, 9.17) is 18.9 Å². The topological polar surface area (TPSA) is 71.1 Å². The van der Waals surface area contributed by atoms with Crippen molar-refractivity contribution in [2.45, 2.75) is 18.3 Å². The highest BCUT2D eigenvalue weighted by molar-refractivity contribution is 5.87. The Kier molecular flexibility index (Phi) is 13.3. The second-order valence-corrected chi connectivity index (χ2v) is 16.4. The van der Waals surface area contributed by atoms with Gasteiger partial charge >= 0.3 is 11.9 Å². The highest BCUT2D eigenvalue weighted by Gasteiger charge is 2.46. The highest BCUT2D eigenvalue weighted by Crippen LogP contribution is 2.56. The summed E-state index contributed by atoms with van der Waals surface area (Å²) in [5.74, 6) is 0.531. The van der Waals surface area contributed by atoms with Gasteiger partial charge in [0.1, 0.15) is 37.9 Å². The lowest BCUT2D eigenvalue weighted by Gasteiger charge is -2.34. The van der Waals surface area contributed by atoms with E-state index in [1.165, 1.54) is 22.3 Å². The molecular formula is C61H50O6. The van der Waals surface area contributed by atoms with Crippen LogP contribution in [0.25, 0.3) is 33.4 Å². The molecule has 0 aliphatic heterocycles. The SMILES string of the molecule is C=CC(=O)OCCOc1ccc(-c2cccc(C3(c4cccc(-c5ccc(OCCOC(=O)C=C)c(Cc6ccccc6)c5)c4)c4ccccc4-c4ccccc43)c2)cc1Cc1ccccc1. The summed E-state index contributed by atoms with van der Waals surface area (Å²) in [6, 6.07) is 68.9. The molecule has 6 nitrogen and oxygen atoms in total. The molecule has 0 saturated carbocycles. The third kappa shape index (κ3) is 9.47. The zero-order valence-electron chi connectivity index (χ0n) is 37.2. The van der Waals surface area contributed by atoms with E-state index in [-0.39, 0.29) is 26.4 Å². The van der Waals surface area contributed by atoms with Crippen LogP contribution in [0.2, 0.25) is 0 Å². The zero-order valence-corrected chi connectivity index (χ0v) is 37.2. The van der Waals surface area contributed by atoms with Crippen LogP contribution in [0.5, 0.6) is 11.5 Å². The molecule has 0 amide bonds. The number of hydrogen-bond donors (Lipinski definition) is 0. The van der Waals surface area contributed by atoms with Crippen molar-refractivity contribution in [2.75, 3.05) is 26.4 Å². The van der Waals surface area contributed by atoms with Gasteiger partial charge in [-0.2, -0.15) is 0 Å². The summed E-state index contributed by atoms with van der Waals surface area (Å²) in [6.45, 7) is 7.66. The van der Waals surface area contributed by atoms with Crippen molar-refractivity contribution < 1.29 is 28.5 Å². The van der Waals surface area contributed by atoms with Crippen LogP contribution in [0, 0.1) is 0 Å². The predicted molar refractivity (Wildman–Crippen MR) is 266 cm³/mol. The second kappa shape index (κ2) is 20.3. The minimum Gasteiger partial charge on any atom is -0.490 e. The predicted octanol–water partition coefficient (Wildman–Crippen LogP) is 12.8. The molecule has 8 aromatic carbocycles. The fourth-order valence-corrected chi connectivity index (χ4v) is 9.30. The first-order chi connectivity index (χ1) is 32.9. The first-order valence-corrected chi connectivity index (χ1v) is 22.5. The van der Waals surface area contributed by atoms with Gasteiger partial charge in [-0.3, -0.25) is 0 Å². The maximum absolute atomic E-state index is 11.7. The third-order valence-corrected chi connectivity index (χ3v) is 12.3. The van der Waals surface area contributed by atoms with E-state index in [9.17, 15) is 9.59 Å². The van der Waals surface area contributed by atoms with Gasteiger partial charge in [0.05, 0.1) is 5.41 Å². The highest BCUT2D eigenvalue weighted by atomic mass is 16.6. The number of carbonyl (C=O) groups is 2. The summed E-state index contributed by atoms with van der Waals surface area (Å²) < 4.78 is 22.9. The number of hydrogen-bond acceptors (Lipinski definition) is 6. The zero-order chi connectivity index (χ0) is 46.0. The van der Waals surface area contributed by atoms with Crippen molar-refractivity contribution in [3.05, 3.63) is 264 Å². The molecule has 0 saturated heterocycles. The van der Waals surface area contributed by atoms with Gasteiger partial charge in [-0.15, -0.1) is 0 Å². The van der Waals surface area contributed by atoms with Crippen LogP contribution in [0.15, 0.2) is 219 Å². The molecule has 0 radical (unpaired) electrons. The van der Waals surface area contributed by atoms with E-state index >= 15 is 0 Å². The fraction of sp³-hybridized carbons (Fsp3) is 0.115. The summed E-state index contributed by atoms with van der Waals surface area (Å²) in [4.78, 5) is 23.4. The molecular weight excluding hydrogens is 829 g/mol. The standard InChI is InChI=1S/C61H50O6/c1-3-59(62)66-35-33-64-57-31-29-47(39-49(57)37-43-17-7-5-8-18-43)45-21-15-23-51(41-45)61(55-27-13-11-25-53(55)54-26-12-14-28-56(54)61)52-24-16-22-46(42-52)48-30-32-58(65-34-36-67-60(63)4-2)50(40-48)38-44-19-9-6-10-20-44/h3-32,39-42H,1-2,33-38H2. The van der Waals surface area contributed by atoms with Gasteiger partial charge in [0.15, 0.2) is 0 Å². The number of fused-ring (bicyclic) bond motifs is 3. The number of ether oxygens (including phenoxy) is 4. The lowest BCUT2D eigenvalue weighted by atomic mass is 9.67. The Morgan fingerprint density at radius 3 is 1.25 bits per heavy atom. The molecule has 8 aromatic rings. The normalized spacial score (nSPS) is 12.0. The van der Waals surface area contributed by atoms with E-state index in [1.807, 2.05) is 48.5 Å². The van der Waals surface area contributed by atoms with Crippen LogP contribution in [0.3, 0.4) is 0 Å². The molecule has 9 rings (SSSR count). The summed E-state index contributed by atoms with van der Waals surface area (Å²) in [5, 5.41) is 0. The minimum atomic E-state index is -0.656. The maximum Gasteiger partial charge on any atom is 0.330 e. The van der Waals surface area contributed by atoms with Crippen LogP contribution < -0.4 is 9.47 Å². The Balaban J connectivity index is 1.13. The summed E-state index contributed by atoms with van der Waals surface area (Å²) >= 11 is 0. The van der Waals surface area contributed by atoms with Crippen LogP contribution in [-0.2, 0) is 37.3 Å². The third-order valence-electron chi connectivity index (χ3n) is 12.3. The molecule has 0 bridgehead atoms. The molecule has 0 fully saturated rings. The van der Waals surface area contributed by atoms with Crippen LogP contribution in [0.4, 0.5) is 0 Å². The largest absolute Gasteiger partial charge is 0.490 e. The van der Waals surface area contributed by atoms with Gasteiger partial charge in [0.2, 0.25) is 0 Å². The number of benzene rings is 8. The molecule has 6 heteroatoms. The van der Waals surface area contributed by atoms with E-state index in [2.05, 4.69) is 159 Å². The average Bonchev–Trinajstić information content (AvgIpc) is 3.69. The Hall–Kier alpha value is -8.22. The molecule has 1 aliphatic rings. The average molecular weight is 879 g/mol. The molecule has 67 heavy (non-hydrogen) atoms. The van der Waals surface area contributed by atoms with Crippen LogP contribution in [0.1, 0.15) is 44.5 Å². The van der Waals surface area contributed by atoms with E-state index in [0.29, 0.717) is 12.8 Å². The summed E-state index contributed by atoms with van der Waals surface area (Å²) in [5.41, 5.74) is 15.2. The molecule has 0 atom stereocenters. The first-order valence-electron chi connectivity index (χ1n) is 22.5. The van der Waals surface area contributed by atoms with Crippen molar-refractivity contribution in [2.24, 2.45) is 0 Å². The molecule has 0 spiro atoms. The van der Waals surface area contributed by atoms with Gasteiger partial charge < -0.3 is 18.9 Å². The van der Waals surface area contributed by atoms with Gasteiger partial charge in [-0.05, 0) is 114 Å². The summed E-state index contributed by atoms with van der Waals surface area (Å²) in [6.07, 6.45) is 3.64. The van der Waals surface area contributed by atoms with E-state index < -0.39 is 17.4 Å². The molecule has 0 heterocycles. The fourth-order valence-electron chi connectivity index (χ4n) is 9.30. The Morgan fingerprint density at radius 2 is 0.821 bits per heavy atom. The maximum atomic E-state index is 11.7. The van der Waals surface area contributed by atoms with E-state index in [1.54, 1.807) is 0 Å². The van der Waals surface area contributed by atoms with Gasteiger partial charge in [-0.25, -0.2) is 9.59 Å². The smallest absolute Gasteiger partial charge is 0.330 e. The van der Waals surface area contributed by atoms with Crippen LogP contribution >= 0.6 is 0 Å². The minimum absolute atomic E-state index is 0.122. The second-order valence-electron chi connectivity index (χ2n) is 16.4. The quantitative estimate of drug-likeness (QED) is 0.0486. The van der Waals surface area contributed by atoms with Crippen molar-refractivity contribution in [1.82, 2.24) is 0 Å². The molecule has 0 N–H and O–H groups in total. The van der Waals surface area contributed by atoms with Crippen molar-refractivity contribution in [3.8, 4) is 44.9 Å². The van der Waals surface area contributed by atoms with Gasteiger partial charge in [0, 0.05) is 25.0 Å². The molecule has 0 unspecified atom stereocenters. The molecule has 0 aromatic heterocycles. The van der Waals surface area contributed by atoms with Gasteiger partial charge in [0.25, 0.3) is 0 Å². The van der Waals surface area contributed by atoms with Gasteiger partial charge in [-0.1, -0.05) is 171 Å². The molecule has 330 valence electrons. The number of rotatable bonds is 18. The Bertz CT molecular complexity index is 2850. The summed E-state index contributed by atoms with van der Waals surface area (Å²) in [7, 11) is 0. The lowest BCUT2D eigenvalue weighted by molar-refractivity contribution is -0.139. The number of esters is 2. The van der Waals surface area contributed by atoms with Crippen molar-refractivity contribution in [3.63, 3.8) is 0 Å². The Morgan fingerprint density at radius 1 is 0.418 bits per heavy atom. The van der Waals surface area contributed by atoms with Crippen molar-refractivity contribution in [1.29, 1.82) is 0 Å².